The van der Waals surface area contributed by atoms with Crippen molar-refractivity contribution >= 4 is 5.57 Å². The molecule has 2 aliphatic carbocycles. The third-order valence-electron chi connectivity index (χ3n) is 4.63. The topological polar surface area (TPSA) is 0 Å². The summed E-state index contributed by atoms with van der Waals surface area (Å²) in [5.41, 5.74) is 5.69. The number of fused-ring (bicyclic) bond motifs is 1. The van der Waals surface area contributed by atoms with Crippen LogP contribution in [0, 0.1) is 5.92 Å². The van der Waals surface area contributed by atoms with Crippen molar-refractivity contribution in [2.45, 2.75) is 19.8 Å². The Bertz CT molecular complexity index is 823. The quantitative estimate of drug-likeness (QED) is 0.511. The highest BCUT2D eigenvalue weighted by molar-refractivity contribution is 5.78. The molecule has 0 nitrogen and oxygen atoms in total. The van der Waals surface area contributed by atoms with Gasteiger partial charge in [0.2, 0.25) is 0 Å². The summed E-state index contributed by atoms with van der Waals surface area (Å²) in [5, 5.41) is 0. The normalized spacial score (nSPS) is 19.1. The van der Waals surface area contributed by atoms with Crippen molar-refractivity contribution in [2.75, 3.05) is 0 Å². The van der Waals surface area contributed by atoms with Crippen molar-refractivity contribution in [1.29, 1.82) is 0 Å². The van der Waals surface area contributed by atoms with Crippen LogP contribution in [0.3, 0.4) is 0 Å². The van der Waals surface area contributed by atoms with Gasteiger partial charge in [-0.15, -0.1) is 0 Å². The molecule has 1 heteroatoms. The van der Waals surface area contributed by atoms with Gasteiger partial charge in [-0.3, -0.25) is 0 Å². The molecule has 0 N–H and O–H groups in total. The minimum absolute atomic E-state index is 0.235. The molecule has 0 aliphatic heterocycles. The second-order valence-corrected chi connectivity index (χ2v) is 6.35. The maximum absolute atomic E-state index is 13.8. The summed E-state index contributed by atoms with van der Waals surface area (Å²) in [6.07, 6.45) is 19.4. The van der Waals surface area contributed by atoms with Gasteiger partial charge in [-0.25, -0.2) is 4.39 Å². The summed E-state index contributed by atoms with van der Waals surface area (Å²) < 4.78 is 13.8. The zero-order valence-corrected chi connectivity index (χ0v) is 14.6. The summed E-state index contributed by atoms with van der Waals surface area (Å²) in [6, 6.07) is 8.60. The van der Waals surface area contributed by atoms with E-state index in [9.17, 15) is 4.39 Å². The van der Waals surface area contributed by atoms with E-state index in [4.69, 9.17) is 0 Å². The first-order chi connectivity index (χ1) is 12.2. The fourth-order valence-corrected chi connectivity index (χ4v) is 3.14. The van der Waals surface area contributed by atoms with E-state index < -0.39 is 0 Å². The fourth-order valence-electron chi connectivity index (χ4n) is 3.14. The van der Waals surface area contributed by atoms with E-state index in [1.807, 2.05) is 6.92 Å². The molecular formula is C24H23F. The van der Waals surface area contributed by atoms with Gasteiger partial charge in [0.25, 0.3) is 0 Å². The van der Waals surface area contributed by atoms with Gasteiger partial charge in [0.05, 0.1) is 0 Å². The van der Waals surface area contributed by atoms with E-state index in [0.717, 1.165) is 6.42 Å². The predicted molar refractivity (Wildman–Crippen MR) is 106 cm³/mol. The number of benzene rings is 1. The Morgan fingerprint density at radius 2 is 1.96 bits per heavy atom. The number of hydrogen-bond donors (Lipinski definition) is 0. The van der Waals surface area contributed by atoms with Crippen LogP contribution in [0.4, 0.5) is 4.39 Å². The molecule has 0 heterocycles. The van der Waals surface area contributed by atoms with Gasteiger partial charge in [-0.1, -0.05) is 79.5 Å². The lowest BCUT2D eigenvalue weighted by molar-refractivity contribution is 0.639. The minimum Gasteiger partial charge on any atom is -0.207 e. The first-order valence-electron chi connectivity index (χ1n) is 8.71. The Hall–Kier alpha value is -2.67. The van der Waals surface area contributed by atoms with Crippen molar-refractivity contribution in [1.82, 2.24) is 0 Å². The van der Waals surface area contributed by atoms with E-state index >= 15 is 0 Å². The summed E-state index contributed by atoms with van der Waals surface area (Å²) in [4.78, 5) is 0. The number of allylic oxidation sites excluding steroid dienone is 13. The lowest BCUT2D eigenvalue weighted by Crippen LogP contribution is -2.01. The van der Waals surface area contributed by atoms with Crippen molar-refractivity contribution < 1.29 is 4.39 Å². The maximum Gasteiger partial charge on any atom is 0.125 e. The maximum atomic E-state index is 13.8. The number of halogens is 1. The van der Waals surface area contributed by atoms with Crippen molar-refractivity contribution in [2.24, 2.45) is 5.92 Å². The average molecular weight is 330 g/mol. The Kier molecular flexibility index (Phi) is 5.45. The Balaban J connectivity index is 1.61. The lowest BCUT2D eigenvalue weighted by Gasteiger charge is -2.16. The smallest absolute Gasteiger partial charge is 0.125 e. The standard InChI is InChI=1S/C24H23F/c1-3-4-9-24(25)18(2)10-11-19-12-14-21(15-13-19)23-17-16-20-7-5-6-8-22(20)23/h3-9,12-17,22H,2,10-11H2,1H3/b4-3-,24-9+. The predicted octanol–water partition coefficient (Wildman–Crippen LogP) is 6.67. The van der Waals surface area contributed by atoms with Crippen molar-refractivity contribution in [3.63, 3.8) is 0 Å². The molecule has 0 aromatic heterocycles. The minimum atomic E-state index is -0.235. The molecule has 0 fully saturated rings. The summed E-state index contributed by atoms with van der Waals surface area (Å²) >= 11 is 0. The van der Waals surface area contributed by atoms with Gasteiger partial charge in [-0.2, -0.15) is 0 Å². The molecule has 1 unspecified atom stereocenters. The number of hydrogen-bond acceptors (Lipinski definition) is 0. The molecule has 1 aromatic carbocycles. The second kappa shape index (κ2) is 7.94. The highest BCUT2D eigenvalue weighted by Crippen LogP contribution is 2.37. The molecule has 1 atom stereocenters. The highest BCUT2D eigenvalue weighted by Gasteiger charge is 2.21. The SMILES string of the molecule is C=C(CCc1ccc(C2=CC=C3C=CC=CC32)cc1)/C(F)=C\C=C/C. The van der Waals surface area contributed by atoms with Gasteiger partial charge >= 0.3 is 0 Å². The van der Waals surface area contributed by atoms with Crippen LogP contribution in [-0.2, 0) is 6.42 Å². The van der Waals surface area contributed by atoms with Crippen LogP contribution in [0.2, 0.25) is 0 Å². The van der Waals surface area contributed by atoms with E-state index in [0.29, 0.717) is 17.9 Å². The van der Waals surface area contributed by atoms with Crippen LogP contribution in [0.1, 0.15) is 24.5 Å². The van der Waals surface area contributed by atoms with Crippen LogP contribution < -0.4 is 0 Å². The monoisotopic (exact) mass is 330 g/mol. The van der Waals surface area contributed by atoms with Crippen molar-refractivity contribution in [3.05, 3.63) is 114 Å². The van der Waals surface area contributed by atoms with Crippen LogP contribution >= 0.6 is 0 Å². The first kappa shape index (κ1) is 17.2. The number of aryl methyl sites for hydroxylation is 1. The van der Waals surface area contributed by atoms with Crippen LogP contribution in [0.25, 0.3) is 5.57 Å². The van der Waals surface area contributed by atoms with Gasteiger partial charge in [0.1, 0.15) is 5.83 Å². The van der Waals surface area contributed by atoms with Gasteiger partial charge in [0.15, 0.2) is 0 Å². The molecule has 0 saturated carbocycles. The molecule has 126 valence electrons. The third-order valence-corrected chi connectivity index (χ3v) is 4.63. The third kappa shape index (κ3) is 4.06. The second-order valence-electron chi connectivity index (χ2n) is 6.35. The molecular weight excluding hydrogens is 307 g/mol. The molecule has 0 amide bonds. The molecule has 3 rings (SSSR count). The molecule has 0 bridgehead atoms. The number of rotatable bonds is 6. The molecule has 0 spiro atoms. The zero-order valence-electron chi connectivity index (χ0n) is 14.6. The van der Waals surface area contributed by atoms with E-state index in [1.54, 1.807) is 12.2 Å². The summed E-state index contributed by atoms with van der Waals surface area (Å²) in [6.45, 7) is 5.71. The van der Waals surface area contributed by atoms with Crippen molar-refractivity contribution in [3.8, 4) is 0 Å². The Morgan fingerprint density at radius 1 is 1.16 bits per heavy atom. The van der Waals surface area contributed by atoms with E-state index in [2.05, 4.69) is 67.3 Å². The van der Waals surface area contributed by atoms with E-state index in [1.165, 1.54) is 28.3 Å². The van der Waals surface area contributed by atoms with Crippen LogP contribution in [0.5, 0.6) is 0 Å². The van der Waals surface area contributed by atoms with Crippen LogP contribution in [-0.4, -0.2) is 0 Å². The van der Waals surface area contributed by atoms with Gasteiger partial charge in [0, 0.05) is 5.92 Å². The molecule has 0 radical (unpaired) electrons. The Morgan fingerprint density at radius 3 is 2.72 bits per heavy atom. The molecule has 25 heavy (non-hydrogen) atoms. The van der Waals surface area contributed by atoms with E-state index in [-0.39, 0.29) is 5.83 Å². The Labute approximate surface area is 149 Å². The molecule has 2 aliphatic rings. The zero-order chi connectivity index (χ0) is 17.6. The molecule has 1 aromatic rings. The van der Waals surface area contributed by atoms with Gasteiger partial charge in [-0.05, 0) is 53.7 Å². The lowest BCUT2D eigenvalue weighted by atomic mass is 9.88. The summed E-state index contributed by atoms with van der Waals surface area (Å²) in [7, 11) is 0. The fraction of sp³-hybridized carbons (Fsp3) is 0.167. The van der Waals surface area contributed by atoms with Gasteiger partial charge < -0.3 is 0 Å². The molecule has 0 saturated heterocycles. The summed E-state index contributed by atoms with van der Waals surface area (Å²) in [5.74, 6) is 0.142. The average Bonchev–Trinajstić information content (AvgIpc) is 3.08. The first-order valence-corrected chi connectivity index (χ1v) is 8.71. The highest BCUT2D eigenvalue weighted by atomic mass is 19.1. The largest absolute Gasteiger partial charge is 0.207 e. The van der Waals surface area contributed by atoms with Crippen LogP contribution in [0.15, 0.2) is 103 Å².